The number of aliphatic hydroxyl groups is 1. The molecule has 0 aromatic heterocycles. The van der Waals surface area contributed by atoms with Crippen LogP contribution < -0.4 is 5.32 Å². The molecule has 0 aliphatic carbocycles. The zero-order valence-corrected chi connectivity index (χ0v) is 11.8. The fraction of sp³-hybridized carbons (Fsp3) is 0.929. The minimum Gasteiger partial charge on any atom is -0.393 e. The Labute approximate surface area is 106 Å². The second-order valence-corrected chi connectivity index (χ2v) is 5.28. The molecule has 0 aliphatic rings. The number of hydrogen-bond donors (Lipinski definition) is 2. The lowest BCUT2D eigenvalue weighted by Crippen LogP contribution is -2.35. The molecule has 0 heterocycles. The van der Waals surface area contributed by atoms with E-state index < -0.39 is 0 Å². The summed E-state index contributed by atoms with van der Waals surface area (Å²) >= 11 is 0. The molecule has 3 heteroatoms. The smallest absolute Gasteiger partial charge is 0.146 e. The highest BCUT2D eigenvalue weighted by Gasteiger charge is 2.18. The van der Waals surface area contributed by atoms with E-state index in [2.05, 4.69) is 26.1 Å². The Morgan fingerprint density at radius 3 is 2.35 bits per heavy atom. The molecule has 0 aliphatic heterocycles. The number of aliphatic hydroxyl groups excluding tert-OH is 1. The highest BCUT2D eigenvalue weighted by atomic mass is 16.3. The molecule has 0 spiro atoms. The van der Waals surface area contributed by atoms with Crippen LogP contribution in [0, 0.1) is 11.8 Å². The van der Waals surface area contributed by atoms with Crippen molar-refractivity contribution in [2.24, 2.45) is 11.8 Å². The molecule has 0 amide bonds. The molecule has 0 radical (unpaired) electrons. The lowest BCUT2D eigenvalue weighted by molar-refractivity contribution is -0.118. The fourth-order valence-electron chi connectivity index (χ4n) is 2.00. The maximum absolute atomic E-state index is 11.5. The van der Waals surface area contributed by atoms with E-state index in [0.717, 1.165) is 25.8 Å². The number of ketones is 1. The number of Topliss-reactive ketones (excluding diaryl/α,β-unsaturated/α-hetero) is 1. The summed E-state index contributed by atoms with van der Waals surface area (Å²) in [6.45, 7) is 9.31. The topological polar surface area (TPSA) is 49.3 Å². The summed E-state index contributed by atoms with van der Waals surface area (Å²) in [6.07, 6.45) is 3.65. The van der Waals surface area contributed by atoms with E-state index in [1.807, 2.05) is 6.92 Å². The average molecular weight is 243 g/mol. The molecule has 0 aromatic rings. The van der Waals surface area contributed by atoms with Crippen LogP contribution in [0.15, 0.2) is 0 Å². The van der Waals surface area contributed by atoms with Crippen LogP contribution >= 0.6 is 0 Å². The Kier molecular flexibility index (Phi) is 9.37. The van der Waals surface area contributed by atoms with Crippen LogP contribution in [0.3, 0.4) is 0 Å². The van der Waals surface area contributed by atoms with Gasteiger partial charge in [0.15, 0.2) is 0 Å². The molecule has 2 unspecified atom stereocenters. The van der Waals surface area contributed by atoms with Crippen LogP contribution in [-0.2, 0) is 4.79 Å². The predicted octanol–water partition coefficient (Wildman–Crippen LogP) is 2.38. The van der Waals surface area contributed by atoms with E-state index in [4.69, 9.17) is 0 Å². The van der Waals surface area contributed by atoms with Gasteiger partial charge in [-0.3, -0.25) is 4.79 Å². The van der Waals surface area contributed by atoms with Gasteiger partial charge < -0.3 is 10.4 Å². The van der Waals surface area contributed by atoms with Gasteiger partial charge >= 0.3 is 0 Å². The number of carbonyl (C=O) groups excluding carboxylic acids is 1. The van der Waals surface area contributed by atoms with Gasteiger partial charge in [0.1, 0.15) is 5.78 Å². The summed E-state index contributed by atoms with van der Waals surface area (Å²) in [5, 5.41) is 12.8. The Bertz CT molecular complexity index is 194. The van der Waals surface area contributed by atoms with Crippen molar-refractivity contribution in [2.75, 3.05) is 13.1 Å². The molecular weight excluding hydrogens is 214 g/mol. The zero-order valence-electron chi connectivity index (χ0n) is 11.8. The maximum Gasteiger partial charge on any atom is 0.146 e. The number of unbranched alkanes of at least 4 members (excludes halogenated alkanes) is 2. The fourth-order valence-corrected chi connectivity index (χ4v) is 2.00. The maximum atomic E-state index is 11.5. The van der Waals surface area contributed by atoms with E-state index in [0.29, 0.717) is 18.9 Å². The average Bonchev–Trinajstić information content (AvgIpc) is 2.23. The van der Waals surface area contributed by atoms with Gasteiger partial charge in [-0.25, -0.2) is 0 Å². The third kappa shape index (κ3) is 8.33. The number of carbonyl (C=O) groups is 1. The van der Waals surface area contributed by atoms with Gasteiger partial charge in [-0.2, -0.15) is 0 Å². The Morgan fingerprint density at radius 1 is 1.24 bits per heavy atom. The lowest BCUT2D eigenvalue weighted by Gasteiger charge is -2.23. The van der Waals surface area contributed by atoms with Crippen molar-refractivity contribution in [2.45, 2.75) is 59.5 Å². The summed E-state index contributed by atoms with van der Waals surface area (Å²) in [7, 11) is 0. The minimum atomic E-state index is -0.322. The molecule has 17 heavy (non-hydrogen) atoms. The summed E-state index contributed by atoms with van der Waals surface area (Å²) < 4.78 is 0. The molecule has 0 saturated heterocycles. The van der Waals surface area contributed by atoms with Crippen molar-refractivity contribution in [3.8, 4) is 0 Å². The van der Waals surface area contributed by atoms with Crippen molar-refractivity contribution in [1.82, 2.24) is 5.32 Å². The summed E-state index contributed by atoms with van der Waals surface area (Å²) in [5.74, 6) is 0.933. The lowest BCUT2D eigenvalue weighted by atomic mass is 9.91. The highest BCUT2D eigenvalue weighted by Crippen LogP contribution is 2.14. The second kappa shape index (κ2) is 9.60. The standard InChI is InChI=1S/C14H29NO2/c1-5-6-7-8-13(17)9-15-10-14(11(2)3)12(4)16/h11-12,14-16H,5-10H2,1-4H3. The quantitative estimate of drug-likeness (QED) is 0.579. The molecule has 102 valence electrons. The number of nitrogens with one attached hydrogen (secondary N) is 1. The van der Waals surface area contributed by atoms with Crippen LogP contribution in [0.4, 0.5) is 0 Å². The SMILES string of the molecule is CCCCCC(=O)CNCC(C(C)C)C(C)O. The van der Waals surface area contributed by atoms with Gasteiger partial charge in [-0.15, -0.1) is 0 Å². The first-order valence-corrected chi connectivity index (χ1v) is 6.89. The number of hydrogen-bond acceptors (Lipinski definition) is 3. The monoisotopic (exact) mass is 243 g/mol. The van der Waals surface area contributed by atoms with E-state index >= 15 is 0 Å². The van der Waals surface area contributed by atoms with Crippen LogP contribution in [0.25, 0.3) is 0 Å². The molecular formula is C14H29NO2. The Balaban J connectivity index is 3.70. The molecule has 0 bridgehead atoms. The number of rotatable bonds is 10. The molecule has 2 N–H and O–H groups in total. The third-order valence-corrected chi connectivity index (χ3v) is 3.24. The van der Waals surface area contributed by atoms with E-state index in [1.54, 1.807) is 0 Å². The molecule has 0 saturated carbocycles. The zero-order chi connectivity index (χ0) is 13.3. The first-order chi connectivity index (χ1) is 7.99. The second-order valence-electron chi connectivity index (χ2n) is 5.28. The van der Waals surface area contributed by atoms with Crippen LogP contribution in [0.2, 0.25) is 0 Å². The Morgan fingerprint density at radius 2 is 1.88 bits per heavy atom. The molecule has 0 rings (SSSR count). The third-order valence-electron chi connectivity index (χ3n) is 3.24. The van der Waals surface area contributed by atoms with E-state index in [1.165, 1.54) is 0 Å². The van der Waals surface area contributed by atoms with Crippen LogP contribution in [-0.4, -0.2) is 30.1 Å². The summed E-state index contributed by atoms with van der Waals surface area (Å²) in [6, 6.07) is 0. The van der Waals surface area contributed by atoms with Gasteiger partial charge in [0, 0.05) is 13.0 Å². The van der Waals surface area contributed by atoms with Gasteiger partial charge in [0.05, 0.1) is 12.6 Å². The van der Waals surface area contributed by atoms with Crippen molar-refractivity contribution in [3.05, 3.63) is 0 Å². The molecule has 0 fully saturated rings. The van der Waals surface area contributed by atoms with E-state index in [9.17, 15) is 9.90 Å². The molecule has 3 nitrogen and oxygen atoms in total. The van der Waals surface area contributed by atoms with Gasteiger partial charge in [-0.05, 0) is 25.2 Å². The van der Waals surface area contributed by atoms with E-state index in [-0.39, 0.29) is 17.8 Å². The van der Waals surface area contributed by atoms with Crippen molar-refractivity contribution in [3.63, 3.8) is 0 Å². The molecule has 0 aromatic carbocycles. The summed E-state index contributed by atoms with van der Waals surface area (Å²) in [5.41, 5.74) is 0. The van der Waals surface area contributed by atoms with Crippen LogP contribution in [0.1, 0.15) is 53.4 Å². The van der Waals surface area contributed by atoms with Crippen molar-refractivity contribution < 1.29 is 9.90 Å². The van der Waals surface area contributed by atoms with Gasteiger partial charge in [0.2, 0.25) is 0 Å². The first kappa shape index (κ1) is 16.6. The van der Waals surface area contributed by atoms with Gasteiger partial charge in [0.25, 0.3) is 0 Å². The largest absolute Gasteiger partial charge is 0.393 e. The highest BCUT2D eigenvalue weighted by molar-refractivity contribution is 5.80. The first-order valence-electron chi connectivity index (χ1n) is 6.89. The van der Waals surface area contributed by atoms with Crippen molar-refractivity contribution >= 4 is 5.78 Å². The predicted molar refractivity (Wildman–Crippen MR) is 72.0 cm³/mol. The minimum absolute atomic E-state index is 0.221. The molecule has 2 atom stereocenters. The van der Waals surface area contributed by atoms with Crippen LogP contribution in [0.5, 0.6) is 0 Å². The Hall–Kier alpha value is -0.410. The normalized spacial score (nSPS) is 14.9. The van der Waals surface area contributed by atoms with Gasteiger partial charge in [-0.1, -0.05) is 33.6 Å². The summed E-state index contributed by atoms with van der Waals surface area (Å²) in [4.78, 5) is 11.5. The van der Waals surface area contributed by atoms with Crippen molar-refractivity contribution in [1.29, 1.82) is 0 Å².